The molecular weight excluding hydrogens is 576 g/mol. The van der Waals surface area contributed by atoms with Crippen LogP contribution < -0.4 is 5.32 Å². The normalized spacial score (nSPS) is 12.8. The first kappa shape index (κ1) is 40.8. The summed E-state index contributed by atoms with van der Waals surface area (Å²) >= 11 is 0. The van der Waals surface area contributed by atoms with Crippen molar-refractivity contribution < 1.29 is 42.1 Å². The maximum atomic E-state index is 11.7. The zero-order valence-corrected chi connectivity index (χ0v) is 30.1. The van der Waals surface area contributed by atoms with Crippen LogP contribution in [0.15, 0.2) is 0 Å². The van der Waals surface area contributed by atoms with E-state index in [4.69, 9.17) is 37.8 Å². The van der Waals surface area contributed by atoms with Gasteiger partial charge in [0.25, 0.3) is 6.26 Å². The lowest BCUT2D eigenvalue weighted by Gasteiger charge is -2.36. The topological polar surface area (TPSA) is 127 Å². The third-order valence-electron chi connectivity index (χ3n) is 7.65. The minimum absolute atomic E-state index is 0.140. The summed E-state index contributed by atoms with van der Waals surface area (Å²) in [6, 6.07) is 0. The summed E-state index contributed by atoms with van der Waals surface area (Å²) in [4.78, 5) is 11.7. The number of rotatable bonds is 24. The van der Waals surface area contributed by atoms with E-state index in [1.807, 2.05) is 0 Å². The van der Waals surface area contributed by atoms with Crippen molar-refractivity contribution >= 4 is 22.7 Å². The number of alkyl carbamates (subject to hydrolysis) is 1. The predicted octanol–water partition coefficient (Wildman–Crippen LogP) is 5.47. The molecule has 1 amide bonds. The number of nitrogens with one attached hydrogen (secondary N) is 1. The Morgan fingerprint density at radius 1 is 0.714 bits per heavy atom. The SMILES string of the molecule is CC(C)(C)[Si](C)(C)OCCOCC(COCCO[Si](C)(C)C(C)(C)C)OCCOCCOC(=O)NCCCCOC#N. The maximum absolute atomic E-state index is 11.7. The molecule has 0 saturated heterocycles. The first-order chi connectivity index (χ1) is 19.5. The van der Waals surface area contributed by atoms with Gasteiger partial charge in [-0.05, 0) is 49.1 Å². The summed E-state index contributed by atoms with van der Waals surface area (Å²) in [7, 11) is -3.62. The van der Waals surface area contributed by atoms with E-state index in [1.54, 1.807) is 6.26 Å². The van der Waals surface area contributed by atoms with Gasteiger partial charge in [0.2, 0.25) is 0 Å². The highest BCUT2D eigenvalue weighted by Crippen LogP contribution is 2.37. The fourth-order valence-corrected chi connectivity index (χ4v) is 4.93. The Labute approximate surface area is 257 Å². The van der Waals surface area contributed by atoms with Crippen molar-refractivity contribution in [1.82, 2.24) is 5.32 Å². The maximum Gasteiger partial charge on any atom is 0.407 e. The number of hydrogen-bond donors (Lipinski definition) is 1. The van der Waals surface area contributed by atoms with Crippen LogP contribution in [-0.2, 0) is 37.3 Å². The molecule has 0 bridgehead atoms. The summed E-state index contributed by atoms with van der Waals surface area (Å²) in [5.74, 6) is 0. The Balaban J connectivity index is 4.34. The van der Waals surface area contributed by atoms with Gasteiger partial charge in [-0.25, -0.2) is 4.79 Å². The van der Waals surface area contributed by atoms with Crippen molar-refractivity contribution in [3.05, 3.63) is 0 Å². The molecule has 1 N–H and O–H groups in total. The number of nitrogens with zero attached hydrogens (tertiary/aromatic N) is 1. The van der Waals surface area contributed by atoms with Crippen LogP contribution in [0.3, 0.4) is 0 Å². The zero-order chi connectivity index (χ0) is 32.1. The third kappa shape index (κ3) is 19.8. The Morgan fingerprint density at radius 3 is 1.71 bits per heavy atom. The van der Waals surface area contributed by atoms with E-state index < -0.39 is 22.7 Å². The number of amides is 1. The van der Waals surface area contributed by atoms with Gasteiger partial charge in [0.05, 0.1) is 59.5 Å². The molecule has 0 radical (unpaired) electrons. The van der Waals surface area contributed by atoms with Crippen LogP contribution >= 0.6 is 0 Å². The van der Waals surface area contributed by atoms with Gasteiger partial charge in [-0.3, -0.25) is 0 Å². The molecule has 11 nitrogen and oxygen atoms in total. The fourth-order valence-electron chi connectivity index (χ4n) is 2.87. The second-order valence-corrected chi connectivity index (χ2v) is 22.8. The molecule has 0 aromatic carbocycles. The lowest BCUT2D eigenvalue weighted by Crippen LogP contribution is -2.42. The van der Waals surface area contributed by atoms with Gasteiger partial charge in [-0.1, -0.05) is 41.5 Å². The lowest BCUT2D eigenvalue weighted by atomic mass is 10.2. The molecule has 13 heteroatoms. The van der Waals surface area contributed by atoms with Crippen molar-refractivity contribution in [2.45, 2.75) is 96.8 Å². The molecule has 0 rings (SSSR count). The average molecular weight is 637 g/mol. The first-order valence-electron chi connectivity index (χ1n) is 15.1. The molecule has 0 fully saturated rings. The fraction of sp³-hybridized carbons (Fsp3) is 0.931. The van der Waals surface area contributed by atoms with Gasteiger partial charge in [0.15, 0.2) is 16.6 Å². The average Bonchev–Trinajstić information content (AvgIpc) is 2.87. The van der Waals surface area contributed by atoms with Crippen molar-refractivity contribution in [1.29, 1.82) is 5.26 Å². The number of nitriles is 1. The standard InChI is InChI=1S/C29H60N2O9Si2/c1-28(2,3)41(7,8)39-21-17-34-23-26(24-35-18-22-40-42(9,10)29(4,5)6)37-19-15-33-16-20-38-27(32)31-13-11-12-14-36-25-30/h26H,11-24H2,1-10H3,(H,31,32). The molecule has 0 aromatic rings. The molecule has 0 unspecified atom stereocenters. The van der Waals surface area contributed by atoms with Gasteiger partial charge in [0, 0.05) is 6.54 Å². The van der Waals surface area contributed by atoms with E-state index in [1.165, 1.54) is 0 Å². The van der Waals surface area contributed by atoms with Gasteiger partial charge in [0.1, 0.15) is 19.3 Å². The van der Waals surface area contributed by atoms with Crippen molar-refractivity contribution in [3.63, 3.8) is 0 Å². The van der Waals surface area contributed by atoms with Gasteiger partial charge in [-0.15, -0.1) is 0 Å². The van der Waals surface area contributed by atoms with Crippen LogP contribution in [0.4, 0.5) is 4.79 Å². The zero-order valence-electron chi connectivity index (χ0n) is 28.1. The van der Waals surface area contributed by atoms with E-state index in [-0.39, 0.29) is 29.4 Å². The second-order valence-electron chi connectivity index (χ2n) is 13.2. The molecule has 0 aliphatic rings. The second kappa shape index (κ2) is 21.5. The van der Waals surface area contributed by atoms with Crippen LogP contribution in [0.2, 0.25) is 36.3 Å². The van der Waals surface area contributed by atoms with Crippen LogP contribution in [-0.4, -0.2) is 108 Å². The molecule has 0 heterocycles. The summed E-state index contributed by atoms with van der Waals surface area (Å²) < 4.78 is 45.3. The van der Waals surface area contributed by atoms with E-state index in [2.05, 4.69) is 77.8 Å². The Hall–Kier alpha value is -1.25. The van der Waals surface area contributed by atoms with Gasteiger partial charge >= 0.3 is 6.09 Å². The highest BCUT2D eigenvalue weighted by atomic mass is 28.4. The van der Waals surface area contributed by atoms with Crippen molar-refractivity contribution in [3.8, 4) is 6.26 Å². The Morgan fingerprint density at radius 2 is 1.21 bits per heavy atom. The lowest BCUT2D eigenvalue weighted by molar-refractivity contribution is -0.0791. The minimum atomic E-state index is -1.81. The van der Waals surface area contributed by atoms with Crippen molar-refractivity contribution in [2.75, 3.05) is 79.2 Å². The number of carbonyl (C=O) groups excluding carboxylic acids is 1. The van der Waals surface area contributed by atoms with Gasteiger partial charge in [-0.2, -0.15) is 5.26 Å². The summed E-state index contributed by atoms with van der Waals surface area (Å²) in [5, 5.41) is 11.3. The van der Waals surface area contributed by atoms with Crippen LogP contribution in [0, 0.1) is 11.5 Å². The number of unbranched alkanes of at least 4 members (excludes halogenated alkanes) is 1. The smallest absolute Gasteiger partial charge is 0.407 e. The Kier molecular flexibility index (Phi) is 20.8. The van der Waals surface area contributed by atoms with Crippen molar-refractivity contribution in [2.24, 2.45) is 0 Å². The van der Waals surface area contributed by atoms with Gasteiger partial charge < -0.3 is 42.6 Å². The highest BCUT2D eigenvalue weighted by Gasteiger charge is 2.37. The molecule has 0 saturated carbocycles. The number of hydrogen-bond acceptors (Lipinski definition) is 10. The van der Waals surface area contributed by atoms with Crippen LogP contribution in [0.1, 0.15) is 54.4 Å². The quantitative estimate of drug-likeness (QED) is 0.0828. The first-order valence-corrected chi connectivity index (χ1v) is 20.9. The molecule has 0 atom stereocenters. The molecule has 0 aliphatic carbocycles. The number of carbonyl (C=O) groups is 1. The predicted molar refractivity (Wildman–Crippen MR) is 169 cm³/mol. The van der Waals surface area contributed by atoms with Crippen LogP contribution in [0.5, 0.6) is 0 Å². The van der Waals surface area contributed by atoms with E-state index in [0.29, 0.717) is 78.8 Å². The summed E-state index contributed by atoms with van der Waals surface area (Å²) in [6.07, 6.45) is 2.24. The molecule has 42 heavy (non-hydrogen) atoms. The largest absolute Gasteiger partial charge is 0.447 e. The highest BCUT2D eigenvalue weighted by molar-refractivity contribution is 6.74. The van der Waals surface area contributed by atoms with E-state index >= 15 is 0 Å². The molecule has 0 spiro atoms. The molecular formula is C29H60N2O9Si2. The molecule has 0 aliphatic heterocycles. The van der Waals surface area contributed by atoms with Crippen LogP contribution in [0.25, 0.3) is 0 Å². The van der Waals surface area contributed by atoms with E-state index in [0.717, 1.165) is 0 Å². The summed E-state index contributed by atoms with van der Waals surface area (Å²) in [5.41, 5.74) is 0. The Bertz CT molecular complexity index is 715. The summed E-state index contributed by atoms with van der Waals surface area (Å²) in [6.45, 7) is 27.0. The number of ether oxygens (including phenoxy) is 6. The minimum Gasteiger partial charge on any atom is -0.447 e. The third-order valence-corrected chi connectivity index (χ3v) is 16.7. The monoisotopic (exact) mass is 636 g/mol. The van der Waals surface area contributed by atoms with E-state index in [9.17, 15) is 4.79 Å². The molecule has 248 valence electrons. The molecule has 0 aromatic heterocycles.